The first-order valence-corrected chi connectivity index (χ1v) is 9.05. The number of carbonyl (C=O) groups is 2. The van der Waals surface area contributed by atoms with Crippen molar-refractivity contribution in [2.75, 3.05) is 31.1 Å². The molecule has 3 rings (SSSR count). The SMILES string of the molecule is Cc1ccc(C(=O)O[C@H](C)C(=O)N2CCN(c3ccccc3)CC2)c(O)c1. The molecule has 0 aromatic heterocycles. The molecule has 0 spiro atoms. The van der Waals surface area contributed by atoms with Crippen molar-refractivity contribution < 1.29 is 19.4 Å². The Morgan fingerprint density at radius 3 is 2.33 bits per heavy atom. The number of nitrogens with zero attached hydrogens (tertiary/aromatic N) is 2. The number of carbonyl (C=O) groups excluding carboxylic acids is 2. The molecule has 142 valence electrons. The number of phenols is 1. The Morgan fingerprint density at radius 2 is 1.70 bits per heavy atom. The summed E-state index contributed by atoms with van der Waals surface area (Å²) in [7, 11) is 0. The minimum absolute atomic E-state index is 0.0640. The first-order valence-electron chi connectivity index (χ1n) is 9.05. The second-order valence-electron chi connectivity index (χ2n) is 6.72. The maximum Gasteiger partial charge on any atom is 0.342 e. The van der Waals surface area contributed by atoms with Gasteiger partial charge in [0.15, 0.2) is 6.10 Å². The average molecular weight is 368 g/mol. The van der Waals surface area contributed by atoms with Crippen molar-refractivity contribution in [3.8, 4) is 5.75 Å². The zero-order valence-corrected chi connectivity index (χ0v) is 15.6. The van der Waals surface area contributed by atoms with Gasteiger partial charge in [-0.05, 0) is 43.7 Å². The van der Waals surface area contributed by atoms with Crippen LogP contribution in [-0.2, 0) is 9.53 Å². The lowest BCUT2D eigenvalue weighted by Crippen LogP contribution is -2.51. The molecule has 1 saturated heterocycles. The summed E-state index contributed by atoms with van der Waals surface area (Å²) in [6.07, 6.45) is -0.901. The molecule has 0 radical (unpaired) electrons. The number of aromatic hydroxyl groups is 1. The fraction of sp³-hybridized carbons (Fsp3) is 0.333. The molecule has 1 aliphatic rings. The van der Waals surface area contributed by atoms with Gasteiger partial charge in [-0.25, -0.2) is 4.79 Å². The number of hydrogen-bond donors (Lipinski definition) is 1. The number of esters is 1. The summed E-state index contributed by atoms with van der Waals surface area (Å²) in [5.74, 6) is -1.06. The largest absolute Gasteiger partial charge is 0.507 e. The molecular formula is C21H24N2O4. The molecule has 6 heteroatoms. The van der Waals surface area contributed by atoms with Crippen LogP contribution in [0.3, 0.4) is 0 Å². The summed E-state index contributed by atoms with van der Waals surface area (Å²) < 4.78 is 5.28. The van der Waals surface area contributed by atoms with E-state index in [9.17, 15) is 14.7 Å². The highest BCUT2D eigenvalue weighted by Gasteiger charge is 2.28. The van der Waals surface area contributed by atoms with Crippen LogP contribution >= 0.6 is 0 Å². The van der Waals surface area contributed by atoms with Crippen molar-refractivity contribution in [2.24, 2.45) is 0 Å². The van der Waals surface area contributed by atoms with Gasteiger partial charge in [-0.3, -0.25) is 4.79 Å². The average Bonchev–Trinajstić information content (AvgIpc) is 2.68. The van der Waals surface area contributed by atoms with Crippen LogP contribution < -0.4 is 4.90 Å². The molecule has 1 atom stereocenters. The smallest absolute Gasteiger partial charge is 0.342 e. The Balaban J connectivity index is 1.55. The third-order valence-corrected chi connectivity index (χ3v) is 4.72. The summed E-state index contributed by atoms with van der Waals surface area (Å²) in [5.41, 5.74) is 2.04. The standard InChI is InChI=1S/C21H24N2O4/c1-15-8-9-18(19(24)14-15)21(26)27-16(2)20(25)23-12-10-22(11-13-23)17-6-4-3-5-7-17/h3-9,14,16,24H,10-13H2,1-2H3/t16-/m1/s1. The third-order valence-electron chi connectivity index (χ3n) is 4.72. The van der Waals surface area contributed by atoms with Crippen LogP contribution in [0, 0.1) is 6.92 Å². The van der Waals surface area contributed by atoms with Crippen molar-refractivity contribution in [3.63, 3.8) is 0 Å². The predicted octanol–water partition coefficient (Wildman–Crippen LogP) is 2.59. The molecule has 1 N–H and O–H groups in total. The van der Waals surface area contributed by atoms with E-state index in [1.165, 1.54) is 12.1 Å². The van der Waals surface area contributed by atoms with Crippen LogP contribution in [0.1, 0.15) is 22.8 Å². The predicted molar refractivity (Wildman–Crippen MR) is 103 cm³/mol. The van der Waals surface area contributed by atoms with Gasteiger partial charge in [0.1, 0.15) is 11.3 Å². The zero-order chi connectivity index (χ0) is 19.4. The topological polar surface area (TPSA) is 70.1 Å². The maximum absolute atomic E-state index is 12.6. The number of anilines is 1. The molecule has 2 aromatic carbocycles. The summed E-state index contributed by atoms with van der Waals surface area (Å²) in [4.78, 5) is 28.8. The lowest BCUT2D eigenvalue weighted by atomic mass is 10.1. The van der Waals surface area contributed by atoms with Crippen molar-refractivity contribution in [1.82, 2.24) is 4.90 Å². The van der Waals surface area contributed by atoms with Crippen LogP contribution in [0.15, 0.2) is 48.5 Å². The van der Waals surface area contributed by atoms with Crippen LogP contribution in [-0.4, -0.2) is 54.2 Å². The van der Waals surface area contributed by atoms with Crippen LogP contribution in [0.2, 0.25) is 0 Å². The van der Waals surface area contributed by atoms with E-state index in [-0.39, 0.29) is 17.2 Å². The van der Waals surface area contributed by atoms with Crippen LogP contribution in [0.4, 0.5) is 5.69 Å². The van der Waals surface area contributed by atoms with Gasteiger partial charge >= 0.3 is 5.97 Å². The molecular weight excluding hydrogens is 344 g/mol. The van der Waals surface area contributed by atoms with Gasteiger partial charge in [0.25, 0.3) is 5.91 Å². The number of para-hydroxylation sites is 1. The molecule has 27 heavy (non-hydrogen) atoms. The highest BCUT2D eigenvalue weighted by molar-refractivity contribution is 5.94. The second kappa shape index (κ2) is 8.12. The number of ether oxygens (including phenoxy) is 1. The second-order valence-corrected chi connectivity index (χ2v) is 6.72. The lowest BCUT2D eigenvalue weighted by Gasteiger charge is -2.37. The number of piperazine rings is 1. The quantitative estimate of drug-likeness (QED) is 0.840. The molecule has 2 aromatic rings. The van der Waals surface area contributed by atoms with Crippen molar-refractivity contribution in [1.29, 1.82) is 0 Å². The van der Waals surface area contributed by atoms with E-state index in [1.807, 2.05) is 25.1 Å². The first-order chi connectivity index (χ1) is 13.0. The van der Waals surface area contributed by atoms with Crippen LogP contribution in [0.25, 0.3) is 0 Å². The molecule has 0 saturated carbocycles. The molecule has 0 aliphatic carbocycles. The van der Waals surface area contributed by atoms with E-state index in [1.54, 1.807) is 17.9 Å². The Labute approximate surface area is 159 Å². The fourth-order valence-corrected chi connectivity index (χ4v) is 3.17. The number of phenolic OH excluding ortho intramolecular Hbond substituents is 1. The number of benzene rings is 2. The minimum atomic E-state index is -0.901. The summed E-state index contributed by atoms with van der Waals surface area (Å²) in [6.45, 7) is 5.99. The number of amides is 1. The Hall–Kier alpha value is -3.02. The fourth-order valence-electron chi connectivity index (χ4n) is 3.17. The molecule has 1 amide bonds. The first kappa shape index (κ1) is 18.8. The van der Waals surface area contributed by atoms with E-state index in [0.717, 1.165) is 24.3 Å². The Morgan fingerprint density at radius 1 is 1.04 bits per heavy atom. The molecule has 1 fully saturated rings. The lowest BCUT2D eigenvalue weighted by molar-refractivity contribution is -0.140. The van der Waals surface area contributed by atoms with Gasteiger partial charge in [-0.1, -0.05) is 24.3 Å². The summed E-state index contributed by atoms with van der Waals surface area (Å²) in [6, 6.07) is 14.8. The molecule has 0 bridgehead atoms. The Kier molecular flexibility index (Phi) is 5.64. The molecule has 0 unspecified atom stereocenters. The Bertz CT molecular complexity index is 814. The zero-order valence-electron chi connectivity index (χ0n) is 15.6. The molecule has 6 nitrogen and oxygen atoms in total. The van der Waals surface area contributed by atoms with Gasteiger partial charge in [0.2, 0.25) is 0 Å². The van der Waals surface area contributed by atoms with Crippen molar-refractivity contribution >= 4 is 17.6 Å². The van der Waals surface area contributed by atoms with Gasteiger partial charge in [-0.2, -0.15) is 0 Å². The summed E-state index contributed by atoms with van der Waals surface area (Å²) in [5, 5.41) is 9.90. The van der Waals surface area contributed by atoms with E-state index >= 15 is 0 Å². The van der Waals surface area contributed by atoms with E-state index < -0.39 is 12.1 Å². The minimum Gasteiger partial charge on any atom is -0.507 e. The maximum atomic E-state index is 12.6. The highest BCUT2D eigenvalue weighted by Crippen LogP contribution is 2.21. The number of aryl methyl sites for hydroxylation is 1. The number of rotatable bonds is 4. The molecule has 1 aliphatic heterocycles. The van der Waals surface area contributed by atoms with E-state index in [2.05, 4.69) is 17.0 Å². The third kappa shape index (κ3) is 4.39. The van der Waals surface area contributed by atoms with Gasteiger partial charge < -0.3 is 19.6 Å². The van der Waals surface area contributed by atoms with Crippen LogP contribution in [0.5, 0.6) is 5.75 Å². The normalized spacial score (nSPS) is 15.3. The van der Waals surface area contributed by atoms with Crippen molar-refractivity contribution in [2.45, 2.75) is 20.0 Å². The summed E-state index contributed by atoms with van der Waals surface area (Å²) >= 11 is 0. The van der Waals surface area contributed by atoms with Gasteiger partial charge in [0, 0.05) is 31.9 Å². The van der Waals surface area contributed by atoms with Gasteiger partial charge in [-0.15, -0.1) is 0 Å². The monoisotopic (exact) mass is 368 g/mol. The van der Waals surface area contributed by atoms with E-state index in [0.29, 0.717) is 13.1 Å². The number of hydrogen-bond acceptors (Lipinski definition) is 5. The van der Waals surface area contributed by atoms with Gasteiger partial charge in [0.05, 0.1) is 0 Å². The van der Waals surface area contributed by atoms with E-state index in [4.69, 9.17) is 4.74 Å². The molecule has 1 heterocycles. The van der Waals surface area contributed by atoms with Crippen molar-refractivity contribution in [3.05, 3.63) is 59.7 Å². The highest BCUT2D eigenvalue weighted by atomic mass is 16.5.